The van der Waals surface area contributed by atoms with Crippen LogP contribution in [0, 0.1) is 5.82 Å². The van der Waals surface area contributed by atoms with Crippen molar-refractivity contribution in [2.24, 2.45) is 7.05 Å². The highest BCUT2D eigenvalue weighted by atomic mass is 19.4. The van der Waals surface area contributed by atoms with E-state index >= 15 is 0 Å². The number of rotatable bonds is 7. The van der Waals surface area contributed by atoms with Crippen molar-refractivity contribution in [3.05, 3.63) is 76.9 Å². The van der Waals surface area contributed by atoms with E-state index in [2.05, 4.69) is 20.4 Å². The van der Waals surface area contributed by atoms with Crippen molar-refractivity contribution in [2.75, 3.05) is 26.0 Å². The number of ether oxygens (including phenoxy) is 1. The maximum atomic E-state index is 13.9. The number of benzene rings is 1. The zero-order valence-electron chi connectivity index (χ0n) is 21.4. The first-order valence-electron chi connectivity index (χ1n) is 12.0. The molecule has 4 heterocycles. The zero-order chi connectivity index (χ0) is 27.9. The Morgan fingerprint density at radius 3 is 2.59 bits per heavy atom. The number of methoxy groups -OCH3 is 1. The quantitative estimate of drug-likeness (QED) is 0.353. The highest BCUT2D eigenvalue weighted by Crippen LogP contribution is 2.40. The van der Waals surface area contributed by atoms with Crippen LogP contribution in [-0.2, 0) is 32.7 Å². The van der Waals surface area contributed by atoms with Gasteiger partial charge in [0.25, 0.3) is 5.91 Å². The number of amides is 1. The van der Waals surface area contributed by atoms with Gasteiger partial charge in [-0.2, -0.15) is 18.3 Å². The number of hydrogen-bond donors (Lipinski definition) is 1. The highest BCUT2D eigenvalue weighted by molar-refractivity contribution is 5.99. The van der Waals surface area contributed by atoms with Crippen LogP contribution in [0.4, 0.5) is 23.5 Å². The van der Waals surface area contributed by atoms with Gasteiger partial charge in [-0.1, -0.05) is 0 Å². The van der Waals surface area contributed by atoms with Gasteiger partial charge in [0.2, 0.25) is 5.95 Å². The number of halogens is 4. The summed E-state index contributed by atoms with van der Waals surface area (Å²) in [5.74, 6) is -0.410. The van der Waals surface area contributed by atoms with Crippen LogP contribution in [0.1, 0.15) is 32.9 Å². The molecule has 0 saturated heterocycles. The molecule has 9 nitrogen and oxygen atoms in total. The van der Waals surface area contributed by atoms with Crippen molar-refractivity contribution >= 4 is 11.9 Å². The van der Waals surface area contributed by atoms with Gasteiger partial charge in [0, 0.05) is 56.4 Å². The summed E-state index contributed by atoms with van der Waals surface area (Å²) in [6, 6.07) is 4.80. The predicted octanol–water partition coefficient (Wildman–Crippen LogP) is 4.13. The van der Waals surface area contributed by atoms with E-state index in [1.807, 2.05) is 0 Å². The average molecular weight is 544 g/mol. The molecule has 0 atom stereocenters. The Kier molecular flexibility index (Phi) is 6.74. The summed E-state index contributed by atoms with van der Waals surface area (Å²) in [5, 5.41) is 6.64. The van der Waals surface area contributed by atoms with Gasteiger partial charge in [-0.05, 0) is 35.2 Å². The van der Waals surface area contributed by atoms with Gasteiger partial charge in [-0.3, -0.25) is 14.5 Å². The summed E-state index contributed by atoms with van der Waals surface area (Å²) in [5.41, 5.74) is 1.06. The molecule has 204 valence electrons. The van der Waals surface area contributed by atoms with Crippen molar-refractivity contribution in [2.45, 2.75) is 25.7 Å². The molecule has 0 bridgehead atoms. The third-order valence-corrected chi connectivity index (χ3v) is 6.59. The molecule has 1 aliphatic heterocycles. The number of pyridine rings is 1. The second kappa shape index (κ2) is 10.0. The first-order valence-corrected chi connectivity index (χ1v) is 12.0. The van der Waals surface area contributed by atoms with E-state index < -0.39 is 17.7 Å². The number of hydrogen-bond acceptors (Lipinski definition) is 6. The molecule has 1 aromatic carbocycles. The molecule has 13 heteroatoms. The molecule has 39 heavy (non-hydrogen) atoms. The Hall–Kier alpha value is -4.42. The topological polar surface area (TPSA) is 90.1 Å². The summed E-state index contributed by atoms with van der Waals surface area (Å²) in [4.78, 5) is 23.5. The van der Waals surface area contributed by atoms with E-state index in [1.165, 1.54) is 26.4 Å². The fourth-order valence-corrected chi connectivity index (χ4v) is 4.85. The van der Waals surface area contributed by atoms with Crippen LogP contribution < -0.4 is 10.1 Å². The molecular formula is C26H25F4N7O2. The van der Waals surface area contributed by atoms with Gasteiger partial charge >= 0.3 is 6.18 Å². The second-order valence-corrected chi connectivity index (χ2v) is 9.15. The van der Waals surface area contributed by atoms with E-state index in [9.17, 15) is 22.4 Å². The monoisotopic (exact) mass is 543 g/mol. The summed E-state index contributed by atoms with van der Waals surface area (Å²) in [6.07, 6.45) is 1.32. The minimum atomic E-state index is -4.68. The highest BCUT2D eigenvalue weighted by Gasteiger charge is 2.39. The maximum Gasteiger partial charge on any atom is 0.435 e. The third-order valence-electron chi connectivity index (χ3n) is 6.59. The molecule has 1 N–H and O–H groups in total. The first kappa shape index (κ1) is 26.2. The standard InChI is InChI=1S/C26H25F4N7O2/c1-31-25-32-5-7-37(25)12-15-8-18(20-14-35(2)34-23(20)26(28,29)30)17-4-6-36(24(38)19(17)9-15)13-16-10-22(39-3)21(27)11-33-16/h5,7-11,14H,4,6,12-13H2,1-3H3,(H,31,32). The molecule has 0 spiro atoms. The van der Waals surface area contributed by atoms with E-state index in [4.69, 9.17) is 4.74 Å². The van der Waals surface area contributed by atoms with Crippen molar-refractivity contribution in [3.8, 4) is 16.9 Å². The Bertz CT molecular complexity index is 1540. The van der Waals surface area contributed by atoms with Gasteiger partial charge in [-0.15, -0.1) is 0 Å². The van der Waals surface area contributed by atoms with Crippen LogP contribution in [-0.4, -0.2) is 55.8 Å². The van der Waals surface area contributed by atoms with Gasteiger partial charge < -0.3 is 19.5 Å². The van der Waals surface area contributed by atoms with Gasteiger partial charge in [-0.25, -0.2) is 9.37 Å². The molecule has 5 rings (SSSR count). The Morgan fingerprint density at radius 2 is 1.87 bits per heavy atom. The van der Waals surface area contributed by atoms with Crippen molar-refractivity contribution < 1.29 is 27.1 Å². The number of carbonyl (C=O) groups excluding carboxylic acids is 1. The summed E-state index contributed by atoms with van der Waals surface area (Å²) >= 11 is 0. The van der Waals surface area contributed by atoms with Crippen LogP contribution in [0.2, 0.25) is 0 Å². The Morgan fingerprint density at radius 1 is 1.10 bits per heavy atom. The molecule has 1 amide bonds. The Labute approximate surface area is 221 Å². The lowest BCUT2D eigenvalue weighted by atomic mass is 9.88. The largest absolute Gasteiger partial charge is 0.494 e. The van der Waals surface area contributed by atoms with Gasteiger partial charge in [0.1, 0.15) is 0 Å². The summed E-state index contributed by atoms with van der Waals surface area (Å²) < 4.78 is 63.6. The summed E-state index contributed by atoms with van der Waals surface area (Å²) in [6.45, 7) is 0.593. The van der Waals surface area contributed by atoms with Gasteiger partial charge in [0.05, 0.1) is 32.1 Å². The fourth-order valence-electron chi connectivity index (χ4n) is 4.85. The SMILES string of the molecule is CNc1nccn1Cc1cc2c(c(-c3cn(C)nc3C(F)(F)F)c1)CCN(Cc1cc(OC)c(F)cn1)C2=O. The normalized spacial score (nSPS) is 13.5. The molecular weight excluding hydrogens is 518 g/mol. The van der Waals surface area contributed by atoms with Crippen LogP contribution in [0.25, 0.3) is 11.1 Å². The number of aryl methyl sites for hydroxylation is 1. The smallest absolute Gasteiger partial charge is 0.435 e. The minimum absolute atomic E-state index is 0.00589. The van der Waals surface area contributed by atoms with Crippen LogP contribution in [0.15, 0.2) is 43.0 Å². The lowest BCUT2D eigenvalue weighted by Gasteiger charge is -2.30. The lowest BCUT2D eigenvalue weighted by molar-refractivity contribution is -0.140. The zero-order valence-corrected chi connectivity index (χ0v) is 21.4. The first-order chi connectivity index (χ1) is 18.6. The predicted molar refractivity (Wildman–Crippen MR) is 134 cm³/mol. The van der Waals surface area contributed by atoms with E-state index in [0.717, 1.165) is 10.9 Å². The summed E-state index contributed by atoms with van der Waals surface area (Å²) in [7, 11) is 4.47. The van der Waals surface area contributed by atoms with Crippen LogP contribution in [0.5, 0.6) is 5.75 Å². The third kappa shape index (κ3) is 5.03. The van der Waals surface area contributed by atoms with Crippen LogP contribution in [0.3, 0.4) is 0 Å². The average Bonchev–Trinajstić information content (AvgIpc) is 3.52. The molecule has 4 aromatic rings. The van der Waals surface area contributed by atoms with Crippen molar-refractivity contribution in [1.29, 1.82) is 0 Å². The lowest BCUT2D eigenvalue weighted by Crippen LogP contribution is -2.37. The molecule has 0 saturated carbocycles. The van der Waals surface area contributed by atoms with Gasteiger partial charge in [0.15, 0.2) is 17.3 Å². The number of imidazole rings is 1. The number of anilines is 1. The number of carbonyl (C=O) groups is 1. The number of aromatic nitrogens is 5. The molecule has 3 aromatic heterocycles. The van der Waals surface area contributed by atoms with E-state index in [0.29, 0.717) is 40.3 Å². The molecule has 0 unspecified atom stereocenters. The number of alkyl halides is 3. The maximum absolute atomic E-state index is 13.9. The Balaban J connectivity index is 1.59. The van der Waals surface area contributed by atoms with E-state index in [1.54, 1.807) is 41.0 Å². The molecule has 1 aliphatic rings. The number of fused-ring (bicyclic) bond motifs is 1. The second-order valence-electron chi connectivity index (χ2n) is 9.15. The number of nitrogens with one attached hydrogen (secondary N) is 1. The fraction of sp³-hybridized carbons (Fsp3) is 0.308. The van der Waals surface area contributed by atoms with Crippen molar-refractivity contribution in [3.63, 3.8) is 0 Å². The minimum Gasteiger partial charge on any atom is -0.494 e. The molecule has 0 radical (unpaired) electrons. The van der Waals surface area contributed by atoms with Crippen molar-refractivity contribution in [1.82, 2.24) is 29.2 Å². The molecule has 0 fully saturated rings. The van der Waals surface area contributed by atoms with Crippen LogP contribution >= 0.6 is 0 Å². The molecule has 0 aliphatic carbocycles. The number of nitrogens with zero attached hydrogens (tertiary/aromatic N) is 6. The van der Waals surface area contributed by atoms with E-state index in [-0.39, 0.29) is 36.9 Å².